The monoisotopic (exact) mass is 242 g/mol. The van der Waals surface area contributed by atoms with Crippen LogP contribution in [0.5, 0.6) is 0 Å². The summed E-state index contributed by atoms with van der Waals surface area (Å²) in [6, 6.07) is 0. The molecule has 2 aliphatic rings. The number of rotatable bonds is 5. The maximum Gasteiger partial charge on any atom is 0.0826 e. The van der Waals surface area contributed by atoms with Crippen molar-refractivity contribution in [2.45, 2.75) is 44.3 Å². The maximum absolute atomic E-state index is 10.2. The molecule has 0 radical (unpaired) electrons. The van der Waals surface area contributed by atoms with Gasteiger partial charge < -0.3 is 15.2 Å². The molecule has 2 N–H and O–H groups in total. The van der Waals surface area contributed by atoms with Gasteiger partial charge in [-0.3, -0.25) is 4.90 Å². The Morgan fingerprint density at radius 3 is 2.88 bits per heavy atom. The summed E-state index contributed by atoms with van der Waals surface area (Å²) in [4.78, 5) is 2.42. The Balaban J connectivity index is 1.64. The second kappa shape index (κ2) is 6.14. The van der Waals surface area contributed by atoms with Crippen molar-refractivity contribution in [1.29, 1.82) is 0 Å². The Labute approximate surface area is 104 Å². The molecule has 2 rings (SSSR count). The van der Waals surface area contributed by atoms with Crippen molar-refractivity contribution in [2.75, 3.05) is 39.3 Å². The van der Waals surface area contributed by atoms with E-state index in [4.69, 9.17) is 4.74 Å². The molecule has 1 saturated heterocycles. The van der Waals surface area contributed by atoms with E-state index in [0.29, 0.717) is 0 Å². The van der Waals surface area contributed by atoms with Gasteiger partial charge in [0, 0.05) is 26.2 Å². The molecular weight excluding hydrogens is 216 g/mol. The average Bonchev–Trinajstić information content (AvgIpc) is 2.77. The summed E-state index contributed by atoms with van der Waals surface area (Å²) < 4.78 is 5.72. The molecular formula is C13H26N2O2. The molecule has 2 fully saturated rings. The fourth-order valence-corrected chi connectivity index (χ4v) is 2.87. The van der Waals surface area contributed by atoms with E-state index in [1.165, 1.54) is 12.8 Å². The van der Waals surface area contributed by atoms with Crippen molar-refractivity contribution in [3.8, 4) is 0 Å². The zero-order valence-corrected chi connectivity index (χ0v) is 11.0. The lowest BCUT2D eigenvalue weighted by Crippen LogP contribution is -2.48. The standard InChI is InChI=1S/C13H26N2O2/c1-2-15-7-8-17-12(10-15)9-14-11-13(16)5-3-4-6-13/h12,14,16H,2-11H2,1H3. The van der Waals surface area contributed by atoms with Crippen molar-refractivity contribution in [2.24, 2.45) is 0 Å². The number of hydrogen-bond donors (Lipinski definition) is 2. The molecule has 0 spiro atoms. The molecule has 0 aromatic heterocycles. The van der Waals surface area contributed by atoms with E-state index in [1.807, 2.05) is 0 Å². The van der Waals surface area contributed by atoms with Gasteiger partial charge in [-0.1, -0.05) is 19.8 Å². The van der Waals surface area contributed by atoms with E-state index in [-0.39, 0.29) is 6.10 Å². The molecule has 17 heavy (non-hydrogen) atoms. The third-order valence-corrected chi connectivity index (χ3v) is 4.03. The summed E-state index contributed by atoms with van der Waals surface area (Å²) in [7, 11) is 0. The SMILES string of the molecule is CCN1CCOC(CNCC2(O)CCCC2)C1. The topological polar surface area (TPSA) is 44.7 Å². The van der Waals surface area contributed by atoms with Crippen molar-refractivity contribution in [3.63, 3.8) is 0 Å². The van der Waals surface area contributed by atoms with Gasteiger partial charge in [0.05, 0.1) is 18.3 Å². The predicted octanol–water partition coefficient (Wildman–Crippen LogP) is 0.602. The molecule has 1 aliphatic heterocycles. The van der Waals surface area contributed by atoms with Crippen LogP contribution in [-0.2, 0) is 4.74 Å². The number of morpholine rings is 1. The molecule has 1 atom stereocenters. The lowest BCUT2D eigenvalue weighted by molar-refractivity contribution is -0.0290. The zero-order valence-electron chi connectivity index (χ0n) is 11.0. The second-order valence-corrected chi connectivity index (χ2v) is 5.45. The van der Waals surface area contributed by atoms with E-state index in [0.717, 1.165) is 52.2 Å². The quantitative estimate of drug-likeness (QED) is 0.741. The molecule has 4 nitrogen and oxygen atoms in total. The number of nitrogens with one attached hydrogen (secondary N) is 1. The third-order valence-electron chi connectivity index (χ3n) is 4.03. The van der Waals surface area contributed by atoms with Crippen LogP contribution in [0.4, 0.5) is 0 Å². The highest BCUT2D eigenvalue weighted by atomic mass is 16.5. The number of nitrogens with zero attached hydrogens (tertiary/aromatic N) is 1. The van der Waals surface area contributed by atoms with Gasteiger partial charge in [-0.25, -0.2) is 0 Å². The van der Waals surface area contributed by atoms with Crippen LogP contribution in [0.3, 0.4) is 0 Å². The first kappa shape index (κ1) is 13.3. The van der Waals surface area contributed by atoms with E-state index in [2.05, 4.69) is 17.1 Å². The summed E-state index contributed by atoms with van der Waals surface area (Å²) in [5.74, 6) is 0. The van der Waals surface area contributed by atoms with Crippen LogP contribution < -0.4 is 5.32 Å². The third kappa shape index (κ3) is 3.91. The lowest BCUT2D eigenvalue weighted by Gasteiger charge is -2.33. The van der Waals surface area contributed by atoms with Crippen molar-refractivity contribution >= 4 is 0 Å². The van der Waals surface area contributed by atoms with Crippen molar-refractivity contribution in [1.82, 2.24) is 10.2 Å². The van der Waals surface area contributed by atoms with Gasteiger partial charge in [0.15, 0.2) is 0 Å². The van der Waals surface area contributed by atoms with E-state index in [9.17, 15) is 5.11 Å². The largest absolute Gasteiger partial charge is 0.389 e. The number of hydrogen-bond acceptors (Lipinski definition) is 4. The molecule has 1 heterocycles. The van der Waals surface area contributed by atoms with Gasteiger partial charge in [-0.05, 0) is 19.4 Å². The highest BCUT2D eigenvalue weighted by molar-refractivity contribution is 4.86. The molecule has 1 saturated carbocycles. The van der Waals surface area contributed by atoms with Crippen LogP contribution in [-0.4, -0.2) is 61.0 Å². The molecule has 4 heteroatoms. The number of aliphatic hydroxyl groups is 1. The minimum absolute atomic E-state index is 0.286. The lowest BCUT2D eigenvalue weighted by atomic mass is 10.0. The van der Waals surface area contributed by atoms with Crippen LogP contribution in [0, 0.1) is 0 Å². The summed E-state index contributed by atoms with van der Waals surface area (Å²) in [5.41, 5.74) is -0.445. The van der Waals surface area contributed by atoms with E-state index >= 15 is 0 Å². The van der Waals surface area contributed by atoms with Gasteiger partial charge in [-0.2, -0.15) is 0 Å². The first-order chi connectivity index (χ1) is 8.22. The fraction of sp³-hybridized carbons (Fsp3) is 1.00. The van der Waals surface area contributed by atoms with Gasteiger partial charge in [0.1, 0.15) is 0 Å². The molecule has 0 bridgehead atoms. The molecule has 1 aliphatic carbocycles. The van der Waals surface area contributed by atoms with Crippen LogP contribution in [0.2, 0.25) is 0 Å². The van der Waals surface area contributed by atoms with Crippen LogP contribution in [0.25, 0.3) is 0 Å². The van der Waals surface area contributed by atoms with Gasteiger partial charge in [-0.15, -0.1) is 0 Å². The van der Waals surface area contributed by atoms with Crippen molar-refractivity contribution < 1.29 is 9.84 Å². The molecule has 1 unspecified atom stereocenters. The summed E-state index contributed by atoms with van der Waals surface area (Å²) in [6.07, 6.45) is 4.52. The Bertz CT molecular complexity index is 229. The highest BCUT2D eigenvalue weighted by Crippen LogP contribution is 2.28. The van der Waals surface area contributed by atoms with Crippen LogP contribution >= 0.6 is 0 Å². The Morgan fingerprint density at radius 1 is 1.41 bits per heavy atom. The maximum atomic E-state index is 10.2. The second-order valence-electron chi connectivity index (χ2n) is 5.45. The number of ether oxygens (including phenoxy) is 1. The predicted molar refractivity (Wildman–Crippen MR) is 68.1 cm³/mol. The average molecular weight is 242 g/mol. The summed E-state index contributed by atoms with van der Waals surface area (Å²) >= 11 is 0. The molecule has 100 valence electrons. The summed E-state index contributed by atoms with van der Waals surface area (Å²) in [5, 5.41) is 13.6. The Kier molecular flexibility index (Phi) is 4.79. The normalized spacial score (nSPS) is 29.6. The first-order valence-corrected chi connectivity index (χ1v) is 6.99. The van der Waals surface area contributed by atoms with E-state index in [1.54, 1.807) is 0 Å². The minimum atomic E-state index is -0.445. The Hall–Kier alpha value is -0.160. The van der Waals surface area contributed by atoms with Gasteiger partial charge in [0.2, 0.25) is 0 Å². The van der Waals surface area contributed by atoms with Gasteiger partial charge in [0.25, 0.3) is 0 Å². The zero-order chi connectivity index (χ0) is 12.1. The smallest absolute Gasteiger partial charge is 0.0826 e. The minimum Gasteiger partial charge on any atom is -0.389 e. The first-order valence-electron chi connectivity index (χ1n) is 6.99. The van der Waals surface area contributed by atoms with Gasteiger partial charge >= 0.3 is 0 Å². The van der Waals surface area contributed by atoms with Crippen LogP contribution in [0.15, 0.2) is 0 Å². The Morgan fingerprint density at radius 2 is 2.18 bits per heavy atom. The van der Waals surface area contributed by atoms with Crippen LogP contribution in [0.1, 0.15) is 32.6 Å². The fourth-order valence-electron chi connectivity index (χ4n) is 2.87. The number of likely N-dealkylation sites (N-methyl/N-ethyl adjacent to an activating group) is 1. The van der Waals surface area contributed by atoms with Crippen molar-refractivity contribution in [3.05, 3.63) is 0 Å². The highest BCUT2D eigenvalue weighted by Gasteiger charge is 2.30. The molecule has 0 amide bonds. The van der Waals surface area contributed by atoms with E-state index < -0.39 is 5.60 Å². The molecule has 0 aromatic rings. The summed E-state index contributed by atoms with van der Waals surface area (Å²) in [6.45, 7) is 7.78. The molecule has 0 aromatic carbocycles.